The van der Waals surface area contributed by atoms with Crippen molar-refractivity contribution in [3.8, 4) is 11.8 Å². The van der Waals surface area contributed by atoms with Crippen molar-refractivity contribution in [1.82, 2.24) is 9.97 Å². The molecule has 0 bridgehead atoms. The second-order valence-corrected chi connectivity index (χ2v) is 4.84. The van der Waals surface area contributed by atoms with Crippen molar-refractivity contribution in [2.75, 3.05) is 18.9 Å². The standard InChI is InChI=1S/C7H5F3N2O3.C7H7F3N2O/c8-7(9,10)4-15-6-3-5(12(13)14)1-2-11-6;8-7(9,10)4-13-6-3-5(11)1-2-12-6/h1-3H,4H2;1-3H,4H2,(H2,11,12). The van der Waals surface area contributed by atoms with Crippen molar-refractivity contribution in [2.24, 2.45) is 0 Å². The second-order valence-electron chi connectivity index (χ2n) is 4.84. The summed E-state index contributed by atoms with van der Waals surface area (Å²) in [5, 5.41) is 10.3. The van der Waals surface area contributed by atoms with Crippen molar-refractivity contribution in [2.45, 2.75) is 12.4 Å². The molecular formula is C14H12F6N4O4. The van der Waals surface area contributed by atoms with Gasteiger partial charge in [-0.25, -0.2) is 9.97 Å². The maximum Gasteiger partial charge on any atom is 0.422 e. The molecule has 0 aromatic carbocycles. The van der Waals surface area contributed by atoms with E-state index >= 15 is 0 Å². The Bertz CT molecular complexity index is 785. The minimum Gasteiger partial charge on any atom is -0.468 e. The molecule has 0 aliphatic heterocycles. The van der Waals surface area contributed by atoms with Gasteiger partial charge in [-0.15, -0.1) is 0 Å². The average molecular weight is 414 g/mol. The van der Waals surface area contributed by atoms with Gasteiger partial charge in [-0.2, -0.15) is 26.3 Å². The zero-order chi connectivity index (χ0) is 21.4. The smallest absolute Gasteiger partial charge is 0.422 e. The number of hydrogen-bond acceptors (Lipinski definition) is 7. The third-order valence-corrected chi connectivity index (χ3v) is 2.46. The predicted octanol–water partition coefficient (Wildman–Crippen LogP) is 3.54. The molecule has 0 amide bonds. The van der Waals surface area contributed by atoms with Crippen molar-refractivity contribution in [1.29, 1.82) is 0 Å². The molecule has 14 heteroatoms. The minimum atomic E-state index is -4.49. The number of pyridine rings is 2. The molecular weight excluding hydrogens is 402 g/mol. The summed E-state index contributed by atoms with van der Waals surface area (Å²) < 4.78 is 78.7. The van der Waals surface area contributed by atoms with Crippen LogP contribution in [0, 0.1) is 10.1 Å². The Balaban J connectivity index is 0.000000283. The summed E-state index contributed by atoms with van der Waals surface area (Å²) in [5.74, 6) is -0.557. The highest BCUT2D eigenvalue weighted by molar-refractivity contribution is 5.39. The summed E-state index contributed by atoms with van der Waals surface area (Å²) in [6.07, 6.45) is -6.57. The molecule has 2 aromatic heterocycles. The molecule has 154 valence electrons. The Morgan fingerprint density at radius 1 is 0.929 bits per heavy atom. The van der Waals surface area contributed by atoms with Gasteiger partial charge < -0.3 is 15.2 Å². The Labute approximate surface area is 153 Å². The normalized spacial score (nSPS) is 11.2. The van der Waals surface area contributed by atoms with Crippen molar-refractivity contribution in [3.05, 3.63) is 46.8 Å². The van der Waals surface area contributed by atoms with E-state index in [4.69, 9.17) is 5.73 Å². The van der Waals surface area contributed by atoms with E-state index < -0.39 is 36.4 Å². The van der Waals surface area contributed by atoms with Gasteiger partial charge in [0, 0.05) is 30.2 Å². The SMILES string of the molecule is Nc1ccnc(OCC(F)(F)F)c1.O=[N+]([O-])c1ccnc(OCC(F)(F)F)c1. The van der Waals surface area contributed by atoms with E-state index in [1.54, 1.807) is 0 Å². The van der Waals surface area contributed by atoms with Gasteiger partial charge in [-0.05, 0) is 6.07 Å². The van der Waals surface area contributed by atoms with Gasteiger partial charge in [0.25, 0.3) is 5.69 Å². The quantitative estimate of drug-likeness (QED) is 0.452. The summed E-state index contributed by atoms with van der Waals surface area (Å²) >= 11 is 0. The van der Waals surface area contributed by atoms with Crippen LogP contribution in [0.4, 0.5) is 37.7 Å². The molecule has 2 heterocycles. The first-order chi connectivity index (χ1) is 12.9. The molecule has 0 saturated carbocycles. The summed E-state index contributed by atoms with van der Waals surface area (Å²) in [6.45, 7) is -2.88. The van der Waals surface area contributed by atoms with E-state index in [1.807, 2.05) is 0 Å². The summed E-state index contributed by atoms with van der Waals surface area (Å²) in [7, 11) is 0. The van der Waals surface area contributed by atoms with Crippen LogP contribution in [0.5, 0.6) is 11.8 Å². The Hall–Kier alpha value is -3.32. The molecule has 0 unspecified atom stereocenters. The number of ether oxygens (including phenoxy) is 2. The number of aromatic nitrogens is 2. The van der Waals surface area contributed by atoms with Crippen LogP contribution in [0.2, 0.25) is 0 Å². The maximum absolute atomic E-state index is 11.7. The molecule has 0 radical (unpaired) electrons. The molecule has 0 aliphatic rings. The molecule has 0 saturated heterocycles. The number of nitrogens with zero attached hydrogens (tertiary/aromatic N) is 3. The molecule has 8 nitrogen and oxygen atoms in total. The molecule has 0 spiro atoms. The molecule has 0 atom stereocenters. The molecule has 0 fully saturated rings. The first-order valence-electron chi connectivity index (χ1n) is 7.07. The van der Waals surface area contributed by atoms with E-state index in [0.29, 0.717) is 5.69 Å². The first-order valence-corrected chi connectivity index (χ1v) is 7.07. The first kappa shape index (κ1) is 22.7. The fourth-order valence-corrected chi connectivity index (χ4v) is 1.41. The monoisotopic (exact) mass is 414 g/mol. The lowest BCUT2D eigenvalue weighted by molar-refractivity contribution is -0.385. The lowest BCUT2D eigenvalue weighted by atomic mass is 10.4. The van der Waals surface area contributed by atoms with E-state index in [-0.39, 0.29) is 11.6 Å². The van der Waals surface area contributed by atoms with E-state index in [9.17, 15) is 36.5 Å². The minimum absolute atomic E-state index is 0.127. The number of halogens is 6. The third kappa shape index (κ3) is 9.98. The van der Waals surface area contributed by atoms with Crippen LogP contribution in [0.25, 0.3) is 0 Å². The fraction of sp³-hybridized carbons (Fsp3) is 0.286. The Morgan fingerprint density at radius 3 is 1.82 bits per heavy atom. The number of anilines is 1. The highest BCUT2D eigenvalue weighted by atomic mass is 19.4. The molecule has 2 aromatic rings. The van der Waals surface area contributed by atoms with E-state index in [2.05, 4.69) is 19.4 Å². The van der Waals surface area contributed by atoms with E-state index in [0.717, 1.165) is 18.3 Å². The summed E-state index contributed by atoms with van der Waals surface area (Å²) in [4.78, 5) is 16.4. The summed E-state index contributed by atoms with van der Waals surface area (Å²) in [6, 6.07) is 4.57. The second kappa shape index (κ2) is 9.57. The highest BCUT2D eigenvalue weighted by Gasteiger charge is 2.29. The van der Waals surface area contributed by atoms with Gasteiger partial charge in [0.15, 0.2) is 13.2 Å². The molecule has 2 N–H and O–H groups in total. The van der Waals surface area contributed by atoms with Crippen LogP contribution in [0.3, 0.4) is 0 Å². The molecule has 2 rings (SSSR count). The number of alkyl halides is 6. The largest absolute Gasteiger partial charge is 0.468 e. The Morgan fingerprint density at radius 2 is 1.39 bits per heavy atom. The highest BCUT2D eigenvalue weighted by Crippen LogP contribution is 2.20. The zero-order valence-electron chi connectivity index (χ0n) is 13.7. The van der Waals surface area contributed by atoms with Gasteiger partial charge >= 0.3 is 12.4 Å². The van der Waals surface area contributed by atoms with Crippen molar-refractivity contribution >= 4 is 11.4 Å². The predicted molar refractivity (Wildman–Crippen MR) is 82.6 cm³/mol. The van der Waals surface area contributed by atoms with Crippen molar-refractivity contribution < 1.29 is 40.7 Å². The number of hydrogen-bond donors (Lipinski definition) is 1. The number of nitrogens with two attached hydrogens (primary N) is 1. The van der Waals surface area contributed by atoms with Crippen LogP contribution in [0.1, 0.15) is 0 Å². The number of nitro groups is 1. The fourth-order valence-electron chi connectivity index (χ4n) is 1.41. The van der Waals surface area contributed by atoms with Crippen LogP contribution in [-0.4, -0.2) is 40.5 Å². The van der Waals surface area contributed by atoms with Gasteiger partial charge in [0.2, 0.25) is 11.8 Å². The average Bonchev–Trinajstić information content (AvgIpc) is 2.58. The van der Waals surface area contributed by atoms with Crippen LogP contribution >= 0.6 is 0 Å². The number of rotatable bonds is 5. The van der Waals surface area contributed by atoms with Gasteiger partial charge in [-0.1, -0.05) is 0 Å². The van der Waals surface area contributed by atoms with Crippen LogP contribution in [-0.2, 0) is 0 Å². The van der Waals surface area contributed by atoms with Crippen molar-refractivity contribution in [3.63, 3.8) is 0 Å². The van der Waals surface area contributed by atoms with Crippen LogP contribution in [0.15, 0.2) is 36.7 Å². The zero-order valence-corrected chi connectivity index (χ0v) is 13.7. The lowest BCUT2D eigenvalue weighted by Crippen LogP contribution is -2.19. The lowest BCUT2D eigenvalue weighted by Gasteiger charge is -2.07. The maximum atomic E-state index is 11.7. The molecule has 0 aliphatic carbocycles. The van der Waals surface area contributed by atoms with E-state index in [1.165, 1.54) is 18.3 Å². The van der Waals surface area contributed by atoms with Gasteiger partial charge in [0.1, 0.15) is 0 Å². The van der Waals surface area contributed by atoms with Gasteiger partial charge in [-0.3, -0.25) is 10.1 Å². The third-order valence-electron chi connectivity index (χ3n) is 2.46. The molecule has 28 heavy (non-hydrogen) atoms. The summed E-state index contributed by atoms with van der Waals surface area (Å²) in [5.41, 5.74) is 5.24. The Kier molecular flexibility index (Phi) is 7.76. The number of nitrogen functional groups attached to an aromatic ring is 1. The van der Waals surface area contributed by atoms with Crippen LogP contribution < -0.4 is 15.2 Å². The topological polar surface area (TPSA) is 113 Å². The van der Waals surface area contributed by atoms with Gasteiger partial charge in [0.05, 0.1) is 11.0 Å².